The molecule has 132 valence electrons. The maximum absolute atomic E-state index is 12.9. The number of rotatable bonds is 3. The van der Waals surface area contributed by atoms with Gasteiger partial charge in [0.25, 0.3) is 5.91 Å². The van der Waals surface area contributed by atoms with Gasteiger partial charge in [-0.05, 0) is 19.1 Å². The Hall–Kier alpha value is -2.60. The molecule has 0 N–H and O–H groups in total. The van der Waals surface area contributed by atoms with Crippen LogP contribution in [-0.2, 0) is 11.3 Å². The SMILES string of the molecule is CCOC(=O)c1ccn2c1CN(C)C(=O)c1cc([N+](C)(C)C)ccc1-2. The summed E-state index contributed by atoms with van der Waals surface area (Å²) in [5.74, 6) is -0.410. The lowest BCUT2D eigenvalue weighted by Gasteiger charge is -2.24. The van der Waals surface area contributed by atoms with E-state index in [1.807, 2.05) is 29.0 Å². The monoisotopic (exact) mass is 342 g/mol. The average molecular weight is 342 g/mol. The van der Waals surface area contributed by atoms with Gasteiger partial charge in [-0.1, -0.05) is 0 Å². The van der Waals surface area contributed by atoms with E-state index in [0.717, 1.165) is 17.1 Å². The highest BCUT2D eigenvalue weighted by atomic mass is 16.5. The van der Waals surface area contributed by atoms with E-state index >= 15 is 0 Å². The highest BCUT2D eigenvalue weighted by Crippen LogP contribution is 2.30. The number of hydrogen-bond donors (Lipinski definition) is 0. The largest absolute Gasteiger partial charge is 0.462 e. The molecule has 0 aliphatic carbocycles. The van der Waals surface area contributed by atoms with Gasteiger partial charge in [0.05, 0.1) is 56.8 Å². The summed E-state index contributed by atoms with van der Waals surface area (Å²) >= 11 is 0. The molecule has 2 heterocycles. The normalized spacial score (nSPS) is 14.0. The van der Waals surface area contributed by atoms with Gasteiger partial charge in [-0.25, -0.2) is 4.79 Å². The van der Waals surface area contributed by atoms with Crippen LogP contribution in [0.3, 0.4) is 0 Å². The van der Waals surface area contributed by atoms with Crippen molar-refractivity contribution in [3.63, 3.8) is 0 Å². The Bertz CT molecular complexity index is 846. The van der Waals surface area contributed by atoms with Crippen LogP contribution in [0.5, 0.6) is 0 Å². The highest BCUT2D eigenvalue weighted by Gasteiger charge is 2.29. The second kappa shape index (κ2) is 6.04. The number of ether oxygens (including phenoxy) is 1. The van der Waals surface area contributed by atoms with Crippen molar-refractivity contribution in [1.82, 2.24) is 14.0 Å². The van der Waals surface area contributed by atoms with E-state index in [1.54, 1.807) is 24.9 Å². The van der Waals surface area contributed by atoms with Gasteiger partial charge >= 0.3 is 5.97 Å². The summed E-state index contributed by atoms with van der Waals surface area (Å²) in [6, 6.07) is 7.66. The molecule has 0 saturated carbocycles. The lowest BCUT2D eigenvalue weighted by atomic mass is 10.1. The third-order valence-electron chi connectivity index (χ3n) is 4.47. The van der Waals surface area contributed by atoms with Gasteiger partial charge in [-0.2, -0.15) is 0 Å². The molecule has 25 heavy (non-hydrogen) atoms. The van der Waals surface area contributed by atoms with Gasteiger partial charge in [0.15, 0.2) is 0 Å². The Morgan fingerprint density at radius 2 is 1.96 bits per heavy atom. The van der Waals surface area contributed by atoms with E-state index in [0.29, 0.717) is 28.8 Å². The maximum Gasteiger partial charge on any atom is 0.340 e. The summed E-state index contributed by atoms with van der Waals surface area (Å²) in [4.78, 5) is 26.8. The fraction of sp³-hybridized carbons (Fsp3) is 0.368. The first kappa shape index (κ1) is 17.2. The number of esters is 1. The molecule has 0 bridgehead atoms. The Morgan fingerprint density at radius 3 is 2.60 bits per heavy atom. The zero-order valence-corrected chi connectivity index (χ0v) is 15.4. The zero-order chi connectivity index (χ0) is 18.4. The smallest absolute Gasteiger partial charge is 0.340 e. The number of aromatic nitrogens is 1. The summed E-state index contributed by atoms with van der Waals surface area (Å²) in [6.07, 6.45) is 1.83. The molecular weight excluding hydrogens is 318 g/mol. The number of carbonyl (C=O) groups excluding carboxylic acids is 2. The maximum atomic E-state index is 12.9. The molecule has 2 aromatic rings. The van der Waals surface area contributed by atoms with Crippen molar-refractivity contribution in [1.29, 1.82) is 0 Å². The first-order valence-electron chi connectivity index (χ1n) is 8.33. The van der Waals surface area contributed by atoms with Crippen LogP contribution in [0, 0.1) is 0 Å². The van der Waals surface area contributed by atoms with E-state index in [-0.39, 0.29) is 11.9 Å². The highest BCUT2D eigenvalue weighted by molar-refractivity contribution is 6.00. The molecule has 0 saturated heterocycles. The number of fused-ring (bicyclic) bond motifs is 3. The average Bonchev–Trinajstić information content (AvgIpc) is 2.92. The summed E-state index contributed by atoms with van der Waals surface area (Å²) in [5, 5.41) is 0. The quantitative estimate of drug-likeness (QED) is 0.636. The third-order valence-corrected chi connectivity index (χ3v) is 4.47. The van der Waals surface area contributed by atoms with Gasteiger partial charge in [0, 0.05) is 25.4 Å². The van der Waals surface area contributed by atoms with E-state index in [9.17, 15) is 9.59 Å². The molecule has 1 aromatic carbocycles. The second-order valence-electron chi connectivity index (χ2n) is 7.14. The molecule has 1 aliphatic heterocycles. The van der Waals surface area contributed by atoms with Crippen LogP contribution < -0.4 is 4.48 Å². The van der Waals surface area contributed by atoms with Gasteiger partial charge in [0.1, 0.15) is 5.69 Å². The first-order chi connectivity index (χ1) is 11.7. The molecule has 0 unspecified atom stereocenters. The summed E-state index contributed by atoms with van der Waals surface area (Å²) in [5.41, 5.74) is 3.74. The molecule has 1 aliphatic rings. The fourth-order valence-corrected chi connectivity index (χ4v) is 3.07. The Morgan fingerprint density at radius 1 is 1.24 bits per heavy atom. The number of quaternary nitrogens is 1. The summed E-state index contributed by atoms with van der Waals surface area (Å²) in [6.45, 7) is 2.46. The lowest BCUT2D eigenvalue weighted by molar-refractivity contribution is 0.0522. The standard InChI is InChI=1S/C19H24N3O3/c1-6-25-19(24)14-9-10-21-16-8-7-13(22(3,4)5)11-15(16)18(23)20(2)12-17(14)21/h7-11H,6,12H2,1-5H3/q+1. The molecule has 1 amide bonds. The van der Waals surface area contributed by atoms with Crippen molar-refractivity contribution in [3.8, 4) is 5.69 Å². The zero-order valence-electron chi connectivity index (χ0n) is 15.4. The van der Waals surface area contributed by atoms with Crippen molar-refractivity contribution < 1.29 is 14.3 Å². The third kappa shape index (κ3) is 2.93. The Balaban J connectivity index is 2.19. The van der Waals surface area contributed by atoms with Crippen LogP contribution in [0.2, 0.25) is 0 Å². The summed E-state index contributed by atoms with van der Waals surface area (Å²) in [7, 11) is 7.94. The van der Waals surface area contributed by atoms with E-state index in [1.165, 1.54) is 0 Å². The molecule has 0 spiro atoms. The number of hydrogen-bond acceptors (Lipinski definition) is 3. The Kier molecular flexibility index (Phi) is 4.16. The van der Waals surface area contributed by atoms with Gasteiger partial charge in [0.2, 0.25) is 0 Å². The van der Waals surface area contributed by atoms with Gasteiger partial charge in [-0.3, -0.25) is 9.28 Å². The van der Waals surface area contributed by atoms with Crippen LogP contribution in [0.4, 0.5) is 5.69 Å². The molecule has 6 nitrogen and oxygen atoms in total. The molecular formula is C19H24N3O3+. The fourth-order valence-electron chi connectivity index (χ4n) is 3.07. The minimum Gasteiger partial charge on any atom is -0.462 e. The molecule has 0 atom stereocenters. The van der Waals surface area contributed by atoms with E-state index in [2.05, 4.69) is 21.1 Å². The van der Waals surface area contributed by atoms with Crippen molar-refractivity contribution in [3.05, 3.63) is 47.3 Å². The van der Waals surface area contributed by atoms with Crippen LogP contribution in [-0.4, -0.2) is 56.1 Å². The molecule has 6 heteroatoms. The van der Waals surface area contributed by atoms with Crippen LogP contribution in [0.25, 0.3) is 5.69 Å². The number of nitrogens with zero attached hydrogens (tertiary/aromatic N) is 3. The number of carbonyl (C=O) groups is 2. The first-order valence-corrected chi connectivity index (χ1v) is 8.33. The van der Waals surface area contributed by atoms with Crippen molar-refractivity contribution >= 4 is 17.6 Å². The number of amides is 1. The molecule has 1 aromatic heterocycles. The predicted octanol–water partition coefficient (Wildman–Crippen LogP) is 2.44. The Labute approximate surface area is 147 Å². The molecule has 0 fully saturated rings. The van der Waals surface area contributed by atoms with Crippen LogP contribution >= 0.6 is 0 Å². The van der Waals surface area contributed by atoms with Crippen molar-refractivity contribution in [2.45, 2.75) is 13.5 Å². The topological polar surface area (TPSA) is 51.5 Å². The second-order valence-corrected chi connectivity index (χ2v) is 7.14. The van der Waals surface area contributed by atoms with Crippen molar-refractivity contribution in [2.75, 3.05) is 34.8 Å². The predicted molar refractivity (Wildman–Crippen MR) is 97.1 cm³/mol. The van der Waals surface area contributed by atoms with E-state index < -0.39 is 0 Å². The van der Waals surface area contributed by atoms with Gasteiger partial charge in [-0.15, -0.1) is 0 Å². The van der Waals surface area contributed by atoms with Crippen LogP contribution in [0.15, 0.2) is 30.5 Å². The van der Waals surface area contributed by atoms with E-state index in [4.69, 9.17) is 4.74 Å². The lowest BCUT2D eigenvalue weighted by Crippen LogP contribution is -2.35. The summed E-state index contributed by atoms with van der Waals surface area (Å²) < 4.78 is 7.69. The minimum absolute atomic E-state index is 0.0520. The molecule has 3 rings (SSSR count). The number of benzene rings is 1. The van der Waals surface area contributed by atoms with Crippen LogP contribution in [0.1, 0.15) is 33.3 Å². The minimum atomic E-state index is -0.358. The van der Waals surface area contributed by atoms with Gasteiger partial charge < -0.3 is 14.2 Å². The molecule has 0 radical (unpaired) electrons. The van der Waals surface area contributed by atoms with Crippen molar-refractivity contribution in [2.24, 2.45) is 0 Å².